The van der Waals surface area contributed by atoms with Gasteiger partial charge in [-0.25, -0.2) is 4.39 Å². The minimum atomic E-state index is -0.560. The fourth-order valence-corrected chi connectivity index (χ4v) is 3.36. The lowest BCUT2D eigenvalue weighted by Gasteiger charge is -2.24. The molecule has 1 fully saturated rings. The Morgan fingerprint density at radius 2 is 1.82 bits per heavy atom. The van der Waals surface area contributed by atoms with Crippen LogP contribution < -0.4 is 11.1 Å². The van der Waals surface area contributed by atoms with Gasteiger partial charge < -0.3 is 16.0 Å². The zero-order valence-electron chi connectivity index (χ0n) is 15.4. The van der Waals surface area contributed by atoms with Crippen molar-refractivity contribution in [1.82, 2.24) is 4.90 Å². The van der Waals surface area contributed by atoms with E-state index in [1.165, 1.54) is 17.0 Å². The SMILES string of the molecule is NC(=O)CCC(=O)N1CCCC1C(=O)Nc1cccc(-c2ccc(F)cc2)c1. The second-order valence-corrected chi connectivity index (χ2v) is 6.79. The van der Waals surface area contributed by atoms with Gasteiger partial charge in [-0.15, -0.1) is 0 Å². The summed E-state index contributed by atoms with van der Waals surface area (Å²) in [6.07, 6.45) is 1.30. The third-order valence-corrected chi connectivity index (χ3v) is 4.77. The highest BCUT2D eigenvalue weighted by atomic mass is 19.1. The van der Waals surface area contributed by atoms with E-state index in [4.69, 9.17) is 5.73 Å². The van der Waals surface area contributed by atoms with Gasteiger partial charge in [-0.3, -0.25) is 14.4 Å². The molecule has 0 aliphatic carbocycles. The summed E-state index contributed by atoms with van der Waals surface area (Å²) >= 11 is 0. The molecule has 6 nitrogen and oxygen atoms in total. The van der Waals surface area contributed by atoms with Gasteiger partial charge in [0.05, 0.1) is 0 Å². The standard InChI is InChI=1S/C21H22FN3O3/c22-16-8-6-14(7-9-16)15-3-1-4-17(13-15)24-21(28)18-5-2-12-25(18)20(27)11-10-19(23)26/h1,3-4,6-9,13,18H,2,5,10-12H2,(H2,23,26)(H,24,28). The zero-order chi connectivity index (χ0) is 20.1. The zero-order valence-corrected chi connectivity index (χ0v) is 15.4. The van der Waals surface area contributed by atoms with E-state index in [0.29, 0.717) is 18.7 Å². The Morgan fingerprint density at radius 3 is 2.54 bits per heavy atom. The molecule has 3 N–H and O–H groups in total. The molecule has 146 valence electrons. The first kappa shape index (κ1) is 19.5. The second-order valence-electron chi connectivity index (χ2n) is 6.79. The Labute approximate surface area is 162 Å². The number of nitrogens with zero attached hydrogens (tertiary/aromatic N) is 1. The molecule has 1 aliphatic rings. The lowest BCUT2D eigenvalue weighted by molar-refractivity contribution is -0.137. The van der Waals surface area contributed by atoms with Gasteiger partial charge >= 0.3 is 0 Å². The molecular formula is C21H22FN3O3. The van der Waals surface area contributed by atoms with Gasteiger partial charge in [0.25, 0.3) is 0 Å². The molecule has 1 saturated heterocycles. The largest absolute Gasteiger partial charge is 0.370 e. The van der Waals surface area contributed by atoms with Gasteiger partial charge in [0.2, 0.25) is 17.7 Å². The highest BCUT2D eigenvalue weighted by Gasteiger charge is 2.33. The summed E-state index contributed by atoms with van der Waals surface area (Å²) < 4.78 is 13.1. The lowest BCUT2D eigenvalue weighted by Crippen LogP contribution is -2.43. The highest BCUT2D eigenvalue weighted by molar-refractivity contribution is 5.98. The molecule has 7 heteroatoms. The molecule has 3 amide bonds. The Hall–Kier alpha value is -3.22. The van der Waals surface area contributed by atoms with Crippen LogP contribution in [0, 0.1) is 5.82 Å². The molecule has 0 bridgehead atoms. The monoisotopic (exact) mass is 383 g/mol. The van der Waals surface area contributed by atoms with E-state index in [1.54, 1.807) is 30.3 Å². The van der Waals surface area contributed by atoms with Crippen LogP contribution in [0.1, 0.15) is 25.7 Å². The first-order chi connectivity index (χ1) is 13.4. The van der Waals surface area contributed by atoms with E-state index in [9.17, 15) is 18.8 Å². The number of amides is 3. The number of carbonyl (C=O) groups excluding carboxylic acids is 3. The Balaban J connectivity index is 1.68. The average Bonchev–Trinajstić information content (AvgIpc) is 3.17. The number of anilines is 1. The molecule has 28 heavy (non-hydrogen) atoms. The van der Waals surface area contributed by atoms with Crippen LogP contribution in [0.3, 0.4) is 0 Å². The van der Waals surface area contributed by atoms with Crippen LogP contribution >= 0.6 is 0 Å². The highest BCUT2D eigenvalue weighted by Crippen LogP contribution is 2.25. The molecule has 1 aliphatic heterocycles. The molecule has 2 aromatic carbocycles. The van der Waals surface area contributed by atoms with Gasteiger partial charge in [0.15, 0.2) is 0 Å². The van der Waals surface area contributed by atoms with Gasteiger partial charge in [0.1, 0.15) is 11.9 Å². The minimum absolute atomic E-state index is 0.0131. The molecule has 0 spiro atoms. The summed E-state index contributed by atoms with van der Waals surface area (Å²) in [5.41, 5.74) is 7.38. The third-order valence-electron chi connectivity index (χ3n) is 4.77. The number of nitrogens with two attached hydrogens (primary N) is 1. The summed E-state index contributed by atoms with van der Waals surface area (Å²) in [6.45, 7) is 0.491. The first-order valence-corrected chi connectivity index (χ1v) is 9.18. The summed E-state index contributed by atoms with van der Waals surface area (Å²) in [7, 11) is 0. The molecule has 1 unspecified atom stereocenters. The molecule has 0 radical (unpaired) electrons. The number of carbonyl (C=O) groups is 3. The van der Waals surface area contributed by atoms with Crippen molar-refractivity contribution in [3.05, 3.63) is 54.3 Å². The number of nitrogens with one attached hydrogen (secondary N) is 1. The van der Waals surface area contributed by atoms with E-state index < -0.39 is 11.9 Å². The summed E-state index contributed by atoms with van der Waals surface area (Å²) in [4.78, 5) is 37.4. The van der Waals surface area contributed by atoms with Crippen molar-refractivity contribution >= 4 is 23.4 Å². The number of hydrogen-bond acceptors (Lipinski definition) is 3. The van der Waals surface area contributed by atoms with Crippen molar-refractivity contribution in [2.24, 2.45) is 5.73 Å². The van der Waals surface area contributed by atoms with Crippen molar-refractivity contribution in [3.63, 3.8) is 0 Å². The van der Waals surface area contributed by atoms with E-state index >= 15 is 0 Å². The van der Waals surface area contributed by atoms with Crippen LogP contribution in [0.15, 0.2) is 48.5 Å². The quantitative estimate of drug-likeness (QED) is 0.803. The van der Waals surface area contributed by atoms with Crippen LogP contribution in [0.2, 0.25) is 0 Å². The average molecular weight is 383 g/mol. The van der Waals surface area contributed by atoms with Crippen molar-refractivity contribution in [2.75, 3.05) is 11.9 Å². The van der Waals surface area contributed by atoms with E-state index in [0.717, 1.165) is 17.5 Å². The van der Waals surface area contributed by atoms with E-state index in [-0.39, 0.29) is 30.5 Å². The number of primary amides is 1. The Kier molecular flexibility index (Phi) is 6.03. The third kappa shape index (κ3) is 4.73. The lowest BCUT2D eigenvalue weighted by atomic mass is 10.0. The minimum Gasteiger partial charge on any atom is -0.370 e. The van der Waals surface area contributed by atoms with Crippen LogP contribution in [-0.4, -0.2) is 35.2 Å². The van der Waals surface area contributed by atoms with Crippen molar-refractivity contribution in [2.45, 2.75) is 31.7 Å². The van der Waals surface area contributed by atoms with Crippen LogP contribution in [0.25, 0.3) is 11.1 Å². The van der Waals surface area contributed by atoms with Crippen LogP contribution in [0.5, 0.6) is 0 Å². The van der Waals surface area contributed by atoms with E-state index in [1.807, 2.05) is 6.07 Å². The van der Waals surface area contributed by atoms with Crippen LogP contribution in [-0.2, 0) is 14.4 Å². The summed E-state index contributed by atoms with van der Waals surface area (Å²) in [5.74, 6) is -1.35. The number of halogens is 1. The van der Waals surface area contributed by atoms with E-state index in [2.05, 4.69) is 5.32 Å². The van der Waals surface area contributed by atoms with Gasteiger partial charge in [-0.1, -0.05) is 24.3 Å². The first-order valence-electron chi connectivity index (χ1n) is 9.18. The number of likely N-dealkylation sites (tertiary alicyclic amines) is 1. The maximum absolute atomic E-state index is 13.1. The normalized spacial score (nSPS) is 16.0. The molecular weight excluding hydrogens is 361 g/mol. The summed E-state index contributed by atoms with van der Waals surface area (Å²) in [5, 5.41) is 2.86. The number of rotatable bonds is 6. The fraction of sp³-hybridized carbons (Fsp3) is 0.286. The predicted octanol–water partition coefficient (Wildman–Crippen LogP) is 2.69. The smallest absolute Gasteiger partial charge is 0.247 e. The molecule has 0 saturated carbocycles. The molecule has 3 rings (SSSR count). The van der Waals surface area contributed by atoms with Gasteiger partial charge in [-0.05, 0) is 48.2 Å². The maximum atomic E-state index is 13.1. The molecule has 1 heterocycles. The maximum Gasteiger partial charge on any atom is 0.247 e. The van der Waals surface area contributed by atoms with Crippen molar-refractivity contribution in [1.29, 1.82) is 0 Å². The Morgan fingerprint density at radius 1 is 1.07 bits per heavy atom. The van der Waals surface area contributed by atoms with Gasteiger partial charge in [0, 0.05) is 25.1 Å². The van der Waals surface area contributed by atoms with Crippen molar-refractivity contribution < 1.29 is 18.8 Å². The van der Waals surface area contributed by atoms with Crippen molar-refractivity contribution in [3.8, 4) is 11.1 Å². The van der Waals surface area contributed by atoms with Crippen LogP contribution in [0.4, 0.5) is 10.1 Å². The molecule has 0 aromatic heterocycles. The summed E-state index contributed by atoms with van der Waals surface area (Å²) in [6, 6.07) is 12.8. The number of benzene rings is 2. The number of hydrogen-bond donors (Lipinski definition) is 2. The topological polar surface area (TPSA) is 92.5 Å². The van der Waals surface area contributed by atoms with Gasteiger partial charge in [-0.2, -0.15) is 0 Å². The Bertz CT molecular complexity index is 883. The molecule has 1 atom stereocenters. The predicted molar refractivity (Wildman–Crippen MR) is 104 cm³/mol. The second kappa shape index (κ2) is 8.65. The fourth-order valence-electron chi connectivity index (χ4n) is 3.36. The molecule has 2 aromatic rings.